The lowest BCUT2D eigenvalue weighted by Gasteiger charge is -2.37. The van der Waals surface area contributed by atoms with Gasteiger partial charge in [-0.25, -0.2) is 4.98 Å². The molecule has 1 aliphatic rings. The van der Waals surface area contributed by atoms with E-state index < -0.39 is 11.7 Å². The Balaban J connectivity index is 1.48. The van der Waals surface area contributed by atoms with Crippen LogP contribution in [0.2, 0.25) is 0 Å². The number of benzene rings is 1. The molecule has 0 bridgehead atoms. The molecule has 1 aliphatic heterocycles. The molecule has 162 valence electrons. The van der Waals surface area contributed by atoms with Gasteiger partial charge in [-0.2, -0.15) is 13.2 Å². The predicted molar refractivity (Wildman–Crippen MR) is 111 cm³/mol. The molecule has 30 heavy (non-hydrogen) atoms. The molecular formula is C20H25F3N6O. The van der Waals surface area contributed by atoms with Gasteiger partial charge in [0.25, 0.3) is 0 Å². The van der Waals surface area contributed by atoms with Crippen LogP contribution in [0.1, 0.15) is 5.56 Å². The van der Waals surface area contributed by atoms with Crippen LogP contribution >= 0.6 is 0 Å². The van der Waals surface area contributed by atoms with Gasteiger partial charge in [-0.15, -0.1) is 0 Å². The zero-order chi connectivity index (χ0) is 21.6. The van der Waals surface area contributed by atoms with Gasteiger partial charge in [0.15, 0.2) is 5.96 Å². The number of aromatic nitrogens is 1. The molecule has 0 spiro atoms. The number of hydrogen-bond donors (Lipinski definition) is 3. The van der Waals surface area contributed by atoms with Gasteiger partial charge in [-0.1, -0.05) is 12.1 Å². The van der Waals surface area contributed by atoms with Crippen molar-refractivity contribution < 1.29 is 18.3 Å². The largest absolute Gasteiger partial charge is 0.506 e. The van der Waals surface area contributed by atoms with Crippen molar-refractivity contribution in [3.8, 4) is 5.75 Å². The lowest BCUT2D eigenvalue weighted by atomic mass is 10.2. The summed E-state index contributed by atoms with van der Waals surface area (Å²) < 4.78 is 39.1. The number of phenols is 1. The van der Waals surface area contributed by atoms with Crippen LogP contribution in [0.25, 0.3) is 0 Å². The smallest absolute Gasteiger partial charge is 0.419 e. The van der Waals surface area contributed by atoms with E-state index in [0.29, 0.717) is 25.6 Å². The maximum atomic E-state index is 13.0. The van der Waals surface area contributed by atoms with E-state index in [1.165, 1.54) is 12.3 Å². The summed E-state index contributed by atoms with van der Waals surface area (Å²) in [6.45, 7) is 3.51. The number of rotatable bonds is 5. The summed E-state index contributed by atoms with van der Waals surface area (Å²) in [5.74, 6) is 0.760. The number of anilines is 2. The van der Waals surface area contributed by atoms with Crippen molar-refractivity contribution in [3.63, 3.8) is 0 Å². The minimum absolute atomic E-state index is 0.182. The molecule has 3 N–H and O–H groups in total. The highest BCUT2D eigenvalue weighted by molar-refractivity contribution is 5.80. The van der Waals surface area contributed by atoms with Gasteiger partial charge in [-0.3, -0.25) is 4.99 Å². The average Bonchev–Trinajstić information content (AvgIpc) is 2.74. The highest BCUT2D eigenvalue weighted by Crippen LogP contribution is 2.33. The van der Waals surface area contributed by atoms with Crippen LogP contribution in [0.5, 0.6) is 5.75 Å². The molecule has 0 saturated carbocycles. The molecule has 0 aliphatic carbocycles. The second kappa shape index (κ2) is 9.55. The summed E-state index contributed by atoms with van der Waals surface area (Å²) in [4.78, 5) is 12.3. The lowest BCUT2D eigenvalue weighted by molar-refractivity contribution is -0.137. The number of hydrogen-bond acceptors (Lipinski definition) is 5. The minimum atomic E-state index is -4.45. The molecule has 3 rings (SSSR count). The third kappa shape index (κ3) is 5.25. The highest BCUT2D eigenvalue weighted by Gasteiger charge is 2.34. The van der Waals surface area contributed by atoms with Crippen LogP contribution in [0, 0.1) is 0 Å². The first-order valence-corrected chi connectivity index (χ1v) is 9.65. The topological polar surface area (TPSA) is 76.0 Å². The third-order valence-electron chi connectivity index (χ3n) is 4.83. The summed E-state index contributed by atoms with van der Waals surface area (Å²) in [5.41, 5.74) is 0.0230. The molecule has 0 radical (unpaired) electrons. The quantitative estimate of drug-likeness (QED) is 0.391. The van der Waals surface area contributed by atoms with Crippen LogP contribution in [0.4, 0.5) is 24.7 Å². The number of aliphatic imine (C=N–C) groups is 1. The van der Waals surface area contributed by atoms with Crippen molar-refractivity contribution in [1.29, 1.82) is 0 Å². The van der Waals surface area contributed by atoms with Gasteiger partial charge in [0, 0.05) is 52.5 Å². The maximum absolute atomic E-state index is 13.0. The summed E-state index contributed by atoms with van der Waals surface area (Å²) >= 11 is 0. The molecule has 10 heteroatoms. The van der Waals surface area contributed by atoms with Crippen LogP contribution < -0.4 is 15.5 Å². The molecule has 1 aromatic carbocycles. The summed E-state index contributed by atoms with van der Waals surface area (Å²) in [6.07, 6.45) is -3.12. The number of para-hydroxylation sites is 2. The lowest BCUT2D eigenvalue weighted by Crippen LogP contribution is -2.53. The molecule has 7 nitrogen and oxygen atoms in total. The van der Waals surface area contributed by atoms with Crippen molar-refractivity contribution in [3.05, 3.63) is 48.2 Å². The number of aromatic hydroxyl groups is 1. The normalized spacial score (nSPS) is 15.3. The highest BCUT2D eigenvalue weighted by atomic mass is 19.4. The molecule has 2 aromatic rings. The second-order valence-electron chi connectivity index (χ2n) is 6.76. The van der Waals surface area contributed by atoms with Gasteiger partial charge in [-0.05, 0) is 24.3 Å². The molecule has 0 atom stereocenters. The van der Waals surface area contributed by atoms with Crippen molar-refractivity contribution in [2.24, 2.45) is 4.99 Å². The van der Waals surface area contributed by atoms with E-state index in [4.69, 9.17) is 0 Å². The fraction of sp³-hybridized carbons (Fsp3) is 0.400. The fourth-order valence-corrected chi connectivity index (χ4v) is 3.35. The van der Waals surface area contributed by atoms with Crippen LogP contribution in [0.3, 0.4) is 0 Å². The average molecular weight is 422 g/mol. The second-order valence-corrected chi connectivity index (χ2v) is 6.76. The number of alkyl halides is 3. The van der Waals surface area contributed by atoms with E-state index in [1.807, 2.05) is 12.1 Å². The van der Waals surface area contributed by atoms with Crippen LogP contribution in [-0.4, -0.2) is 67.3 Å². The Bertz CT molecular complexity index is 866. The van der Waals surface area contributed by atoms with Gasteiger partial charge in [0.05, 0.1) is 11.3 Å². The first-order chi connectivity index (χ1) is 14.4. The minimum Gasteiger partial charge on any atom is -0.506 e. The molecule has 1 saturated heterocycles. The Hall–Kier alpha value is -3.17. The van der Waals surface area contributed by atoms with Crippen LogP contribution in [-0.2, 0) is 6.18 Å². The third-order valence-corrected chi connectivity index (χ3v) is 4.83. The number of phenolic OH excluding ortho intramolecular Hbond substituents is 1. The number of nitrogens with zero attached hydrogens (tertiary/aromatic N) is 4. The zero-order valence-electron chi connectivity index (χ0n) is 16.7. The monoisotopic (exact) mass is 422 g/mol. The molecule has 0 amide bonds. The molecule has 1 aromatic heterocycles. The Kier molecular flexibility index (Phi) is 6.86. The number of pyridine rings is 1. The first-order valence-electron chi connectivity index (χ1n) is 9.65. The predicted octanol–water partition coefficient (Wildman–Crippen LogP) is 2.62. The molecular weight excluding hydrogens is 397 g/mol. The van der Waals surface area contributed by atoms with Gasteiger partial charge >= 0.3 is 6.18 Å². The Morgan fingerprint density at radius 2 is 1.83 bits per heavy atom. The Morgan fingerprint density at radius 1 is 1.10 bits per heavy atom. The Labute approximate surface area is 173 Å². The number of guanidine groups is 1. The van der Waals surface area contributed by atoms with Crippen molar-refractivity contribution in [1.82, 2.24) is 15.2 Å². The van der Waals surface area contributed by atoms with E-state index in [2.05, 4.69) is 30.4 Å². The van der Waals surface area contributed by atoms with Crippen molar-refractivity contribution in [2.45, 2.75) is 6.18 Å². The zero-order valence-corrected chi connectivity index (χ0v) is 16.7. The number of piperazine rings is 1. The Morgan fingerprint density at radius 3 is 2.50 bits per heavy atom. The van der Waals surface area contributed by atoms with Gasteiger partial charge < -0.3 is 25.5 Å². The van der Waals surface area contributed by atoms with E-state index in [0.717, 1.165) is 24.8 Å². The standard InChI is InChI=1S/C20H25F3N6O/c1-24-19(27-10-9-26-18-15(20(21,22)23)5-4-8-25-18)29-13-11-28(12-14-29)16-6-2-3-7-17(16)30/h2-8,30H,9-14H2,1H3,(H,24,27)(H,25,26). The first kappa shape index (κ1) is 21.5. The van der Waals surface area contributed by atoms with Gasteiger partial charge in [0.1, 0.15) is 11.6 Å². The van der Waals surface area contributed by atoms with Crippen molar-refractivity contribution >= 4 is 17.5 Å². The SMILES string of the molecule is CN=C(NCCNc1ncccc1C(F)(F)F)N1CCN(c2ccccc2O)CC1. The fourth-order valence-electron chi connectivity index (χ4n) is 3.35. The molecule has 2 heterocycles. The maximum Gasteiger partial charge on any atom is 0.419 e. The molecule has 0 unspecified atom stereocenters. The number of nitrogens with one attached hydrogen (secondary N) is 2. The number of halogens is 3. The van der Waals surface area contributed by atoms with Crippen molar-refractivity contribution in [2.75, 3.05) is 56.5 Å². The summed E-state index contributed by atoms with van der Waals surface area (Å²) in [5, 5.41) is 15.9. The summed E-state index contributed by atoms with van der Waals surface area (Å²) in [7, 11) is 1.67. The van der Waals surface area contributed by atoms with E-state index in [9.17, 15) is 18.3 Å². The van der Waals surface area contributed by atoms with Crippen LogP contribution in [0.15, 0.2) is 47.6 Å². The van der Waals surface area contributed by atoms with E-state index >= 15 is 0 Å². The summed E-state index contributed by atoms with van der Waals surface area (Å²) in [6, 6.07) is 9.50. The van der Waals surface area contributed by atoms with E-state index in [1.54, 1.807) is 19.2 Å². The van der Waals surface area contributed by atoms with Gasteiger partial charge in [0.2, 0.25) is 0 Å². The molecule has 1 fully saturated rings. The van der Waals surface area contributed by atoms with E-state index in [-0.39, 0.29) is 18.1 Å².